The number of esters is 1. The minimum absolute atomic E-state index is 0.232. The molecule has 0 radical (unpaired) electrons. The lowest BCUT2D eigenvalue weighted by Crippen LogP contribution is -2.04. The summed E-state index contributed by atoms with van der Waals surface area (Å²) in [5.74, 6) is -0.304. The van der Waals surface area contributed by atoms with E-state index in [1.807, 2.05) is 30.3 Å². The van der Waals surface area contributed by atoms with Gasteiger partial charge in [-0.25, -0.2) is 0 Å². The van der Waals surface area contributed by atoms with Gasteiger partial charge in [-0.2, -0.15) is 0 Å². The smallest absolute Gasteiger partial charge is 0.315 e. The third-order valence-corrected chi connectivity index (χ3v) is 3.18. The lowest BCUT2D eigenvalue weighted by molar-refractivity contribution is -0.137. The van der Waals surface area contributed by atoms with E-state index >= 15 is 0 Å². The van der Waals surface area contributed by atoms with Gasteiger partial charge in [-0.1, -0.05) is 43.0 Å². The Morgan fingerprint density at radius 1 is 1.16 bits per heavy atom. The Hall–Kier alpha value is -2.55. The van der Waals surface area contributed by atoms with Gasteiger partial charge in [0.05, 0.1) is 18.2 Å². The number of aromatic nitrogens is 1. The number of fused-ring (bicyclic) bond motifs is 3. The van der Waals surface area contributed by atoms with Crippen molar-refractivity contribution in [2.24, 2.45) is 0 Å². The van der Waals surface area contributed by atoms with Crippen LogP contribution < -0.4 is 0 Å². The molecule has 0 aliphatic rings. The first-order valence-corrected chi connectivity index (χ1v) is 6.08. The molecule has 0 bridgehead atoms. The molecule has 0 unspecified atom stereocenters. The van der Waals surface area contributed by atoms with Crippen LogP contribution in [-0.2, 0) is 16.0 Å². The van der Waals surface area contributed by atoms with Crippen molar-refractivity contribution in [1.82, 2.24) is 4.98 Å². The standard InChI is InChI=1S/C16H13NO2/c1-2-19-15(18)10-11-6-5-8-13-12-7-3-4-9-14(12)17-16(11)13/h2-9,17H,1,10H2. The van der Waals surface area contributed by atoms with Crippen LogP contribution >= 0.6 is 0 Å². The summed E-state index contributed by atoms with van der Waals surface area (Å²) in [6.07, 6.45) is 1.39. The van der Waals surface area contributed by atoms with Crippen LogP contribution in [0, 0.1) is 0 Å². The van der Waals surface area contributed by atoms with Gasteiger partial charge >= 0.3 is 5.97 Å². The molecule has 3 heteroatoms. The Labute approximate surface area is 110 Å². The van der Waals surface area contributed by atoms with Crippen LogP contribution in [0.2, 0.25) is 0 Å². The molecule has 0 saturated carbocycles. The van der Waals surface area contributed by atoms with Gasteiger partial charge in [-0.05, 0) is 11.6 Å². The van der Waals surface area contributed by atoms with Gasteiger partial charge in [0.25, 0.3) is 0 Å². The molecule has 0 aliphatic heterocycles. The number of benzene rings is 2. The normalized spacial score (nSPS) is 10.7. The summed E-state index contributed by atoms with van der Waals surface area (Å²) in [4.78, 5) is 14.9. The van der Waals surface area contributed by atoms with Gasteiger partial charge < -0.3 is 9.72 Å². The zero-order valence-corrected chi connectivity index (χ0v) is 10.3. The highest BCUT2D eigenvalue weighted by Crippen LogP contribution is 2.27. The summed E-state index contributed by atoms with van der Waals surface area (Å²) in [5, 5.41) is 2.29. The van der Waals surface area contributed by atoms with E-state index in [-0.39, 0.29) is 12.4 Å². The Morgan fingerprint density at radius 2 is 1.95 bits per heavy atom. The maximum atomic E-state index is 11.6. The van der Waals surface area contributed by atoms with Crippen LogP contribution in [0.5, 0.6) is 0 Å². The predicted octanol–water partition coefficient (Wildman–Crippen LogP) is 3.55. The van der Waals surface area contributed by atoms with Crippen molar-refractivity contribution in [3.63, 3.8) is 0 Å². The fourth-order valence-corrected chi connectivity index (χ4v) is 2.37. The first-order chi connectivity index (χ1) is 9.29. The molecule has 19 heavy (non-hydrogen) atoms. The Kier molecular flexibility index (Phi) is 2.80. The minimum atomic E-state index is -0.304. The molecule has 1 aromatic heterocycles. The van der Waals surface area contributed by atoms with Crippen LogP contribution in [0.1, 0.15) is 5.56 Å². The van der Waals surface area contributed by atoms with Crippen LogP contribution in [0.3, 0.4) is 0 Å². The summed E-state index contributed by atoms with van der Waals surface area (Å²) in [5.41, 5.74) is 2.99. The average molecular weight is 251 g/mol. The van der Waals surface area contributed by atoms with E-state index in [0.29, 0.717) is 0 Å². The topological polar surface area (TPSA) is 42.1 Å². The van der Waals surface area contributed by atoms with E-state index in [1.165, 1.54) is 0 Å². The summed E-state index contributed by atoms with van der Waals surface area (Å²) >= 11 is 0. The van der Waals surface area contributed by atoms with Gasteiger partial charge in [0.15, 0.2) is 0 Å². The van der Waals surface area contributed by atoms with E-state index < -0.39 is 0 Å². The maximum absolute atomic E-state index is 11.6. The molecule has 0 atom stereocenters. The summed E-state index contributed by atoms with van der Waals surface area (Å²) in [6.45, 7) is 3.39. The SMILES string of the molecule is C=COC(=O)Cc1cccc2c1[nH]c1ccccc12. The van der Waals surface area contributed by atoms with Crippen LogP contribution in [0.4, 0.5) is 0 Å². The zero-order valence-electron chi connectivity index (χ0n) is 10.3. The maximum Gasteiger partial charge on any atom is 0.315 e. The van der Waals surface area contributed by atoms with Crippen molar-refractivity contribution in [1.29, 1.82) is 0 Å². The molecule has 1 heterocycles. The van der Waals surface area contributed by atoms with Crippen molar-refractivity contribution in [3.8, 4) is 0 Å². The third-order valence-electron chi connectivity index (χ3n) is 3.18. The second kappa shape index (κ2) is 4.61. The molecule has 0 fully saturated rings. The van der Waals surface area contributed by atoms with Crippen LogP contribution in [-0.4, -0.2) is 11.0 Å². The number of hydrogen-bond donors (Lipinski definition) is 1. The van der Waals surface area contributed by atoms with Gasteiger partial charge in [0.1, 0.15) is 0 Å². The molecule has 1 N–H and O–H groups in total. The predicted molar refractivity (Wildman–Crippen MR) is 75.8 cm³/mol. The van der Waals surface area contributed by atoms with Crippen LogP contribution in [0.15, 0.2) is 55.3 Å². The number of hydrogen-bond acceptors (Lipinski definition) is 2. The van der Waals surface area contributed by atoms with Gasteiger partial charge in [0.2, 0.25) is 0 Å². The highest BCUT2D eigenvalue weighted by atomic mass is 16.5. The molecular weight excluding hydrogens is 238 g/mol. The molecule has 94 valence electrons. The molecule has 2 aromatic carbocycles. The first kappa shape index (κ1) is 11.5. The lowest BCUT2D eigenvalue weighted by atomic mass is 10.1. The minimum Gasteiger partial charge on any atom is -0.435 e. The number of ether oxygens (including phenoxy) is 1. The molecular formula is C16H13NO2. The number of para-hydroxylation sites is 2. The third kappa shape index (κ3) is 1.99. The number of H-pyrrole nitrogens is 1. The number of nitrogens with one attached hydrogen (secondary N) is 1. The Balaban J connectivity index is 2.15. The average Bonchev–Trinajstić information content (AvgIpc) is 2.79. The summed E-state index contributed by atoms with van der Waals surface area (Å²) < 4.78 is 4.78. The second-order valence-corrected chi connectivity index (χ2v) is 4.34. The van der Waals surface area contributed by atoms with E-state index in [4.69, 9.17) is 4.74 Å². The van der Waals surface area contributed by atoms with Gasteiger partial charge in [-0.15, -0.1) is 0 Å². The van der Waals surface area contributed by atoms with Crippen molar-refractivity contribution in [3.05, 3.63) is 60.9 Å². The molecule has 0 spiro atoms. The Bertz CT molecular complexity index is 771. The van der Waals surface area contributed by atoms with E-state index in [1.54, 1.807) is 0 Å². The Morgan fingerprint density at radius 3 is 2.79 bits per heavy atom. The molecule has 0 aliphatic carbocycles. The van der Waals surface area contributed by atoms with Crippen molar-refractivity contribution < 1.29 is 9.53 Å². The summed E-state index contributed by atoms with van der Waals surface area (Å²) in [7, 11) is 0. The highest BCUT2D eigenvalue weighted by Gasteiger charge is 2.10. The van der Waals surface area contributed by atoms with E-state index in [2.05, 4.69) is 23.7 Å². The zero-order chi connectivity index (χ0) is 13.2. The molecule has 3 nitrogen and oxygen atoms in total. The van der Waals surface area contributed by atoms with Crippen molar-refractivity contribution >= 4 is 27.8 Å². The highest BCUT2D eigenvalue weighted by molar-refractivity contribution is 6.08. The van der Waals surface area contributed by atoms with Gasteiger partial charge in [0, 0.05) is 16.3 Å². The lowest BCUT2D eigenvalue weighted by Gasteiger charge is -2.01. The fourth-order valence-electron chi connectivity index (χ4n) is 2.37. The van der Waals surface area contributed by atoms with Crippen molar-refractivity contribution in [2.75, 3.05) is 0 Å². The fraction of sp³-hybridized carbons (Fsp3) is 0.0625. The largest absolute Gasteiger partial charge is 0.435 e. The quantitative estimate of drug-likeness (QED) is 0.571. The molecule has 3 rings (SSSR count). The number of carbonyl (C=O) groups excluding carboxylic acids is 1. The van der Waals surface area contributed by atoms with E-state index in [9.17, 15) is 4.79 Å². The summed E-state index contributed by atoms with van der Waals surface area (Å²) in [6, 6.07) is 14.0. The molecule has 0 saturated heterocycles. The second-order valence-electron chi connectivity index (χ2n) is 4.34. The van der Waals surface area contributed by atoms with Crippen molar-refractivity contribution in [2.45, 2.75) is 6.42 Å². The molecule has 0 amide bonds. The van der Waals surface area contributed by atoms with E-state index in [0.717, 1.165) is 33.6 Å². The first-order valence-electron chi connectivity index (χ1n) is 6.08. The molecule has 3 aromatic rings. The number of carbonyl (C=O) groups is 1. The van der Waals surface area contributed by atoms with Crippen LogP contribution in [0.25, 0.3) is 21.8 Å². The monoisotopic (exact) mass is 251 g/mol. The van der Waals surface area contributed by atoms with Gasteiger partial charge in [-0.3, -0.25) is 4.79 Å². The number of rotatable bonds is 3. The number of aromatic amines is 1.